The van der Waals surface area contributed by atoms with Crippen LogP contribution >= 0.6 is 11.6 Å². The summed E-state index contributed by atoms with van der Waals surface area (Å²) in [5, 5.41) is 0.759. The van der Waals surface area contributed by atoms with Crippen molar-refractivity contribution in [3.8, 4) is 0 Å². The van der Waals surface area contributed by atoms with Crippen molar-refractivity contribution >= 4 is 28.5 Å². The van der Waals surface area contributed by atoms with Crippen LogP contribution in [0.15, 0.2) is 18.2 Å². The normalized spacial score (nSPS) is 10.6. The van der Waals surface area contributed by atoms with Gasteiger partial charge in [-0.3, -0.25) is 0 Å². The number of esters is 1. The number of carbonyl (C=O) groups excluding carboxylic acids is 1. The Balaban J connectivity index is 2.77. The van der Waals surface area contributed by atoms with Crippen LogP contribution in [0.4, 0.5) is 4.39 Å². The van der Waals surface area contributed by atoms with Crippen LogP contribution < -0.4 is 0 Å². The highest BCUT2D eigenvalue weighted by Gasteiger charge is 2.14. The molecule has 0 aliphatic carbocycles. The largest absolute Gasteiger partial charge is 0.464 e. The Labute approximate surface area is 102 Å². The molecule has 17 heavy (non-hydrogen) atoms. The van der Waals surface area contributed by atoms with Gasteiger partial charge < -0.3 is 4.74 Å². The predicted octanol–water partition coefficient (Wildman–Crippen LogP) is 3.12. The Bertz CT molecular complexity index is 613. The number of benzene rings is 1. The third kappa shape index (κ3) is 2.08. The minimum atomic E-state index is -0.645. The van der Waals surface area contributed by atoms with E-state index >= 15 is 0 Å². The lowest BCUT2D eigenvalue weighted by atomic mass is 10.1. The van der Waals surface area contributed by atoms with Crippen molar-refractivity contribution in [3.05, 3.63) is 40.3 Å². The van der Waals surface area contributed by atoms with E-state index in [1.807, 2.05) is 0 Å². The van der Waals surface area contributed by atoms with Gasteiger partial charge in [0, 0.05) is 5.39 Å². The molecule has 1 heterocycles. The van der Waals surface area contributed by atoms with Gasteiger partial charge in [-0.25, -0.2) is 14.2 Å². The molecule has 1 aromatic heterocycles. The van der Waals surface area contributed by atoms with E-state index in [1.165, 1.54) is 19.2 Å². The number of hydrogen-bond acceptors (Lipinski definition) is 3. The topological polar surface area (TPSA) is 39.2 Å². The molecule has 0 fully saturated rings. The number of pyridine rings is 1. The molecule has 0 aliphatic heterocycles. The maximum atomic E-state index is 13.7. The summed E-state index contributed by atoms with van der Waals surface area (Å²) in [5.74, 6) is -1.15. The van der Waals surface area contributed by atoms with Crippen LogP contribution in [0.25, 0.3) is 10.9 Å². The van der Waals surface area contributed by atoms with Crippen molar-refractivity contribution in [2.45, 2.75) is 6.92 Å². The molecule has 0 aliphatic rings. The van der Waals surface area contributed by atoms with Crippen LogP contribution in [0.1, 0.15) is 16.1 Å². The van der Waals surface area contributed by atoms with Gasteiger partial charge in [-0.05, 0) is 30.7 Å². The predicted molar refractivity (Wildman–Crippen MR) is 62.8 cm³/mol. The molecule has 0 N–H and O–H groups in total. The van der Waals surface area contributed by atoms with Crippen molar-refractivity contribution < 1.29 is 13.9 Å². The van der Waals surface area contributed by atoms with E-state index in [0.29, 0.717) is 5.39 Å². The van der Waals surface area contributed by atoms with Crippen LogP contribution in [0.3, 0.4) is 0 Å². The van der Waals surface area contributed by atoms with Crippen molar-refractivity contribution in [1.29, 1.82) is 0 Å². The van der Waals surface area contributed by atoms with E-state index in [1.54, 1.807) is 13.0 Å². The quantitative estimate of drug-likeness (QED) is 0.733. The summed E-state index contributed by atoms with van der Waals surface area (Å²) in [6.45, 7) is 1.76. The Kier molecular flexibility index (Phi) is 2.98. The molecule has 0 saturated heterocycles. The number of nitrogens with zero attached hydrogens (tertiary/aromatic N) is 1. The number of hydrogen-bond donors (Lipinski definition) is 0. The lowest BCUT2D eigenvalue weighted by Gasteiger charge is -2.05. The van der Waals surface area contributed by atoms with Gasteiger partial charge in [-0.15, -0.1) is 0 Å². The van der Waals surface area contributed by atoms with Gasteiger partial charge in [-0.1, -0.05) is 11.6 Å². The first-order valence-corrected chi connectivity index (χ1v) is 5.25. The smallest absolute Gasteiger partial charge is 0.356 e. The van der Waals surface area contributed by atoms with Gasteiger partial charge in [0.15, 0.2) is 5.69 Å². The minimum Gasteiger partial charge on any atom is -0.464 e. The molecule has 88 valence electrons. The summed E-state index contributed by atoms with van der Waals surface area (Å²) in [6.07, 6.45) is 0. The monoisotopic (exact) mass is 253 g/mol. The second kappa shape index (κ2) is 4.30. The third-order valence-corrected chi connectivity index (χ3v) is 2.67. The Morgan fingerprint density at radius 2 is 2.12 bits per heavy atom. The van der Waals surface area contributed by atoms with Crippen molar-refractivity contribution in [2.75, 3.05) is 7.11 Å². The van der Waals surface area contributed by atoms with Gasteiger partial charge >= 0.3 is 5.97 Å². The molecule has 0 radical (unpaired) electrons. The van der Waals surface area contributed by atoms with E-state index < -0.39 is 11.8 Å². The zero-order valence-electron chi connectivity index (χ0n) is 9.25. The molecule has 0 bridgehead atoms. The molecule has 0 spiro atoms. The number of rotatable bonds is 1. The highest BCUT2D eigenvalue weighted by atomic mass is 35.5. The Morgan fingerprint density at radius 3 is 2.76 bits per heavy atom. The highest BCUT2D eigenvalue weighted by molar-refractivity contribution is 6.35. The van der Waals surface area contributed by atoms with Crippen LogP contribution in [0.2, 0.25) is 5.02 Å². The molecular weight excluding hydrogens is 245 g/mol. The van der Waals surface area contributed by atoms with E-state index in [9.17, 15) is 9.18 Å². The minimum absolute atomic E-state index is 0.00671. The van der Waals surface area contributed by atoms with Crippen LogP contribution in [0, 0.1) is 12.7 Å². The molecular formula is C12H9ClFNO2. The molecule has 0 atom stereocenters. The fourth-order valence-corrected chi connectivity index (χ4v) is 1.84. The average molecular weight is 254 g/mol. The lowest BCUT2D eigenvalue weighted by molar-refractivity contribution is 0.0594. The van der Waals surface area contributed by atoms with Crippen LogP contribution in [-0.2, 0) is 4.74 Å². The number of methoxy groups -OCH3 is 1. The average Bonchev–Trinajstić information content (AvgIpc) is 2.29. The fourth-order valence-electron chi connectivity index (χ4n) is 1.59. The second-order valence-corrected chi connectivity index (χ2v) is 4.03. The molecule has 2 aromatic rings. The number of fused-ring (bicyclic) bond motifs is 1. The van der Waals surface area contributed by atoms with E-state index in [4.69, 9.17) is 11.6 Å². The SMILES string of the molecule is COC(=O)c1cc(Cl)c2cc(C)cc(F)c2n1. The summed E-state index contributed by atoms with van der Waals surface area (Å²) in [4.78, 5) is 15.2. The van der Waals surface area contributed by atoms with Gasteiger partial charge in [0.2, 0.25) is 0 Å². The van der Waals surface area contributed by atoms with Crippen LogP contribution in [-0.4, -0.2) is 18.1 Å². The molecule has 0 unspecified atom stereocenters. The summed E-state index contributed by atoms with van der Waals surface area (Å²) in [6, 6.07) is 4.43. The fraction of sp³-hybridized carbons (Fsp3) is 0.167. The summed E-state index contributed by atoms with van der Waals surface area (Å²) >= 11 is 5.99. The first-order valence-electron chi connectivity index (χ1n) is 4.87. The lowest BCUT2D eigenvalue weighted by Crippen LogP contribution is -2.05. The molecule has 0 amide bonds. The molecule has 5 heteroatoms. The zero-order valence-corrected chi connectivity index (χ0v) is 10.0. The van der Waals surface area contributed by atoms with Gasteiger partial charge in [-0.2, -0.15) is 0 Å². The number of ether oxygens (including phenoxy) is 1. The van der Waals surface area contributed by atoms with Gasteiger partial charge in [0.05, 0.1) is 12.1 Å². The third-order valence-electron chi connectivity index (χ3n) is 2.36. The summed E-state index contributed by atoms with van der Waals surface area (Å²) < 4.78 is 18.2. The van der Waals surface area contributed by atoms with Crippen molar-refractivity contribution in [1.82, 2.24) is 4.98 Å². The first-order chi connectivity index (χ1) is 8.02. The summed E-state index contributed by atoms with van der Waals surface area (Å²) in [5.41, 5.74) is 0.806. The first kappa shape index (κ1) is 11.8. The number of halogens is 2. The van der Waals surface area contributed by atoms with Gasteiger partial charge in [0.1, 0.15) is 11.3 Å². The molecule has 2 rings (SSSR count). The van der Waals surface area contributed by atoms with Crippen LogP contribution in [0.5, 0.6) is 0 Å². The Morgan fingerprint density at radius 1 is 1.41 bits per heavy atom. The zero-order chi connectivity index (χ0) is 12.6. The maximum Gasteiger partial charge on any atom is 0.356 e. The van der Waals surface area contributed by atoms with E-state index in [0.717, 1.165) is 5.56 Å². The number of carbonyl (C=O) groups is 1. The molecule has 0 saturated carbocycles. The number of aryl methyl sites for hydroxylation is 1. The maximum absolute atomic E-state index is 13.7. The molecule has 1 aromatic carbocycles. The van der Waals surface area contributed by atoms with E-state index in [2.05, 4.69) is 9.72 Å². The Hall–Kier alpha value is -1.68. The highest BCUT2D eigenvalue weighted by Crippen LogP contribution is 2.26. The van der Waals surface area contributed by atoms with Crippen molar-refractivity contribution in [3.63, 3.8) is 0 Å². The number of aromatic nitrogens is 1. The second-order valence-electron chi connectivity index (χ2n) is 3.62. The van der Waals surface area contributed by atoms with E-state index in [-0.39, 0.29) is 16.2 Å². The molecule has 3 nitrogen and oxygen atoms in total. The summed E-state index contributed by atoms with van der Waals surface area (Å²) in [7, 11) is 1.23. The van der Waals surface area contributed by atoms with Crippen molar-refractivity contribution in [2.24, 2.45) is 0 Å². The standard InChI is InChI=1S/C12H9ClFNO2/c1-6-3-7-8(13)5-10(12(16)17-2)15-11(7)9(14)4-6/h3-5H,1-2H3. The van der Waals surface area contributed by atoms with Gasteiger partial charge in [0.25, 0.3) is 0 Å².